The standard InChI is InChI=1S/C15H25N3O/c1-5-18(6-2)15(19)14-11-13(8-10-17-14)16-9-7-12(3)4/h8,10-12H,5-7,9H2,1-4H3,(H,16,17). The van der Waals surface area contributed by atoms with Crippen molar-refractivity contribution >= 4 is 11.6 Å². The molecule has 1 rings (SSSR count). The molecule has 0 bridgehead atoms. The van der Waals surface area contributed by atoms with Gasteiger partial charge in [0.25, 0.3) is 5.91 Å². The van der Waals surface area contributed by atoms with Crippen molar-refractivity contribution in [2.45, 2.75) is 34.1 Å². The van der Waals surface area contributed by atoms with Crippen molar-refractivity contribution in [3.8, 4) is 0 Å². The van der Waals surface area contributed by atoms with Crippen LogP contribution in [0, 0.1) is 5.92 Å². The minimum Gasteiger partial charge on any atom is -0.385 e. The van der Waals surface area contributed by atoms with E-state index in [-0.39, 0.29) is 5.91 Å². The number of pyridine rings is 1. The second-order valence-electron chi connectivity index (χ2n) is 5.02. The summed E-state index contributed by atoms with van der Waals surface area (Å²) in [5.74, 6) is 0.670. The third-order valence-corrected chi connectivity index (χ3v) is 3.08. The van der Waals surface area contributed by atoms with Crippen molar-refractivity contribution in [3.63, 3.8) is 0 Å². The number of rotatable bonds is 7. The fourth-order valence-electron chi connectivity index (χ4n) is 1.84. The van der Waals surface area contributed by atoms with Crippen LogP contribution in [-0.4, -0.2) is 35.4 Å². The van der Waals surface area contributed by atoms with E-state index in [2.05, 4.69) is 24.1 Å². The number of hydrogen-bond acceptors (Lipinski definition) is 3. The van der Waals surface area contributed by atoms with Crippen LogP contribution >= 0.6 is 0 Å². The van der Waals surface area contributed by atoms with E-state index in [0.717, 1.165) is 18.7 Å². The lowest BCUT2D eigenvalue weighted by Crippen LogP contribution is -2.31. The van der Waals surface area contributed by atoms with Crippen molar-refractivity contribution < 1.29 is 4.79 Å². The molecule has 0 saturated heterocycles. The summed E-state index contributed by atoms with van der Waals surface area (Å²) in [6.07, 6.45) is 2.80. The molecule has 4 nitrogen and oxygen atoms in total. The lowest BCUT2D eigenvalue weighted by atomic mass is 10.1. The van der Waals surface area contributed by atoms with E-state index in [0.29, 0.717) is 24.7 Å². The van der Waals surface area contributed by atoms with Crippen LogP contribution in [0.5, 0.6) is 0 Å². The number of carbonyl (C=O) groups excluding carboxylic acids is 1. The number of carbonyl (C=O) groups is 1. The summed E-state index contributed by atoms with van der Waals surface area (Å²) in [5.41, 5.74) is 1.48. The molecule has 106 valence electrons. The Labute approximate surface area is 116 Å². The van der Waals surface area contributed by atoms with Crippen LogP contribution in [0.3, 0.4) is 0 Å². The first-order valence-corrected chi connectivity index (χ1v) is 7.07. The Morgan fingerprint density at radius 1 is 1.37 bits per heavy atom. The fourth-order valence-corrected chi connectivity index (χ4v) is 1.84. The highest BCUT2D eigenvalue weighted by atomic mass is 16.2. The fraction of sp³-hybridized carbons (Fsp3) is 0.600. The van der Waals surface area contributed by atoms with Crippen LogP contribution < -0.4 is 5.32 Å². The quantitative estimate of drug-likeness (QED) is 0.822. The lowest BCUT2D eigenvalue weighted by molar-refractivity contribution is 0.0767. The predicted molar refractivity (Wildman–Crippen MR) is 79.4 cm³/mol. The van der Waals surface area contributed by atoms with Crippen LogP contribution in [-0.2, 0) is 0 Å². The van der Waals surface area contributed by atoms with Gasteiger partial charge in [-0.3, -0.25) is 9.78 Å². The van der Waals surface area contributed by atoms with E-state index < -0.39 is 0 Å². The molecular formula is C15H25N3O. The molecule has 1 N–H and O–H groups in total. The number of nitrogens with one attached hydrogen (secondary N) is 1. The molecule has 1 heterocycles. The minimum atomic E-state index is -0.00231. The molecule has 1 amide bonds. The molecule has 0 aromatic carbocycles. The average molecular weight is 263 g/mol. The van der Waals surface area contributed by atoms with E-state index in [9.17, 15) is 4.79 Å². The highest BCUT2D eigenvalue weighted by Crippen LogP contribution is 2.11. The van der Waals surface area contributed by atoms with Crippen LogP contribution in [0.2, 0.25) is 0 Å². The summed E-state index contributed by atoms with van der Waals surface area (Å²) in [6, 6.07) is 3.74. The first-order chi connectivity index (χ1) is 9.08. The van der Waals surface area contributed by atoms with E-state index in [4.69, 9.17) is 0 Å². The summed E-state index contributed by atoms with van der Waals surface area (Å²) < 4.78 is 0. The zero-order valence-electron chi connectivity index (χ0n) is 12.4. The molecule has 0 aliphatic heterocycles. The Hall–Kier alpha value is -1.58. The smallest absolute Gasteiger partial charge is 0.272 e. The molecule has 0 radical (unpaired) electrons. The van der Waals surface area contributed by atoms with Gasteiger partial charge in [0.15, 0.2) is 0 Å². The molecular weight excluding hydrogens is 238 g/mol. The third-order valence-electron chi connectivity index (χ3n) is 3.08. The molecule has 1 aromatic rings. The zero-order chi connectivity index (χ0) is 14.3. The molecule has 0 aliphatic carbocycles. The third kappa shape index (κ3) is 4.89. The van der Waals surface area contributed by atoms with E-state index >= 15 is 0 Å². The Morgan fingerprint density at radius 3 is 2.63 bits per heavy atom. The second kappa shape index (κ2) is 7.77. The Bertz CT molecular complexity index is 400. The SMILES string of the molecule is CCN(CC)C(=O)c1cc(NCCC(C)C)ccn1. The van der Waals surface area contributed by atoms with Crippen LogP contribution in [0.15, 0.2) is 18.3 Å². The lowest BCUT2D eigenvalue weighted by Gasteiger charge is -2.18. The summed E-state index contributed by atoms with van der Waals surface area (Å²) in [6.45, 7) is 10.7. The minimum absolute atomic E-state index is 0.00231. The molecule has 19 heavy (non-hydrogen) atoms. The van der Waals surface area contributed by atoms with Gasteiger partial charge in [-0.25, -0.2) is 0 Å². The van der Waals surface area contributed by atoms with Crippen molar-refractivity contribution in [3.05, 3.63) is 24.0 Å². The van der Waals surface area contributed by atoms with Gasteiger partial charge in [0, 0.05) is 31.5 Å². The Kier molecular flexibility index (Phi) is 6.33. The topological polar surface area (TPSA) is 45.2 Å². The van der Waals surface area contributed by atoms with Gasteiger partial charge in [-0.2, -0.15) is 0 Å². The van der Waals surface area contributed by atoms with E-state index in [1.807, 2.05) is 26.0 Å². The molecule has 0 aliphatic rings. The monoisotopic (exact) mass is 263 g/mol. The maximum Gasteiger partial charge on any atom is 0.272 e. The second-order valence-corrected chi connectivity index (χ2v) is 5.02. The molecule has 4 heteroatoms. The maximum absolute atomic E-state index is 12.2. The normalized spacial score (nSPS) is 10.6. The zero-order valence-corrected chi connectivity index (χ0v) is 12.4. The van der Waals surface area contributed by atoms with Crippen LogP contribution in [0.4, 0.5) is 5.69 Å². The van der Waals surface area contributed by atoms with Gasteiger partial charge in [-0.15, -0.1) is 0 Å². The number of amides is 1. The van der Waals surface area contributed by atoms with Crippen LogP contribution in [0.1, 0.15) is 44.6 Å². The molecule has 0 saturated carbocycles. The van der Waals surface area contributed by atoms with Gasteiger partial charge < -0.3 is 10.2 Å². The average Bonchev–Trinajstić information content (AvgIpc) is 2.40. The summed E-state index contributed by atoms with van der Waals surface area (Å²) in [7, 11) is 0. The highest BCUT2D eigenvalue weighted by Gasteiger charge is 2.13. The number of hydrogen-bond donors (Lipinski definition) is 1. The molecule has 1 aromatic heterocycles. The van der Waals surface area contributed by atoms with Crippen molar-refractivity contribution in [1.82, 2.24) is 9.88 Å². The van der Waals surface area contributed by atoms with Gasteiger partial charge in [-0.1, -0.05) is 13.8 Å². The van der Waals surface area contributed by atoms with Gasteiger partial charge >= 0.3 is 0 Å². The van der Waals surface area contributed by atoms with Gasteiger partial charge in [0.05, 0.1) is 0 Å². The highest BCUT2D eigenvalue weighted by molar-refractivity contribution is 5.93. The predicted octanol–water partition coefficient (Wildman–Crippen LogP) is 3.02. The molecule has 0 spiro atoms. The Morgan fingerprint density at radius 2 is 2.05 bits per heavy atom. The largest absolute Gasteiger partial charge is 0.385 e. The first-order valence-electron chi connectivity index (χ1n) is 7.07. The molecule has 0 atom stereocenters. The maximum atomic E-state index is 12.2. The van der Waals surface area contributed by atoms with E-state index in [1.165, 1.54) is 0 Å². The first kappa shape index (κ1) is 15.5. The van der Waals surface area contributed by atoms with Crippen LogP contribution in [0.25, 0.3) is 0 Å². The van der Waals surface area contributed by atoms with Crippen molar-refractivity contribution in [2.24, 2.45) is 5.92 Å². The number of anilines is 1. The van der Waals surface area contributed by atoms with Gasteiger partial charge in [0.1, 0.15) is 5.69 Å². The van der Waals surface area contributed by atoms with Gasteiger partial charge in [-0.05, 0) is 38.3 Å². The summed E-state index contributed by atoms with van der Waals surface area (Å²) >= 11 is 0. The van der Waals surface area contributed by atoms with E-state index in [1.54, 1.807) is 11.1 Å². The summed E-state index contributed by atoms with van der Waals surface area (Å²) in [4.78, 5) is 18.1. The number of nitrogens with zero attached hydrogens (tertiary/aromatic N) is 2. The van der Waals surface area contributed by atoms with Crippen molar-refractivity contribution in [1.29, 1.82) is 0 Å². The Balaban J connectivity index is 2.68. The van der Waals surface area contributed by atoms with Crippen molar-refractivity contribution in [2.75, 3.05) is 25.0 Å². The van der Waals surface area contributed by atoms with Gasteiger partial charge in [0.2, 0.25) is 0 Å². The molecule has 0 unspecified atom stereocenters. The molecule has 0 fully saturated rings. The number of aromatic nitrogens is 1. The summed E-state index contributed by atoms with van der Waals surface area (Å²) in [5, 5.41) is 3.34.